The Kier molecular flexibility index (Phi) is 5.39. The normalized spacial score (nSPS) is 18.9. The Labute approximate surface area is 148 Å². The summed E-state index contributed by atoms with van der Waals surface area (Å²) in [5, 5.41) is 3.33. The summed E-state index contributed by atoms with van der Waals surface area (Å²) in [7, 11) is 3.08. The molecule has 0 spiro atoms. The summed E-state index contributed by atoms with van der Waals surface area (Å²) < 4.78 is 10.5. The first-order valence-corrected chi connectivity index (χ1v) is 8.97. The molecule has 0 bridgehead atoms. The lowest BCUT2D eigenvalue weighted by molar-refractivity contribution is 0.122. The number of methoxy groups -OCH3 is 2. The van der Waals surface area contributed by atoms with Gasteiger partial charge in [-0.2, -0.15) is 0 Å². The number of halogens is 1. The summed E-state index contributed by atoms with van der Waals surface area (Å²) in [6.07, 6.45) is 6.36. The Morgan fingerprint density at radius 1 is 1.12 bits per heavy atom. The van der Waals surface area contributed by atoms with E-state index >= 15 is 0 Å². The predicted molar refractivity (Wildman–Crippen MR) is 95.2 cm³/mol. The number of ether oxygens (including phenoxy) is 2. The van der Waals surface area contributed by atoms with Crippen molar-refractivity contribution in [1.29, 1.82) is 0 Å². The molecule has 5 nitrogen and oxygen atoms in total. The van der Waals surface area contributed by atoms with Crippen molar-refractivity contribution in [3.8, 4) is 11.5 Å². The number of piperidine rings is 1. The highest BCUT2D eigenvalue weighted by Gasteiger charge is 2.31. The third kappa shape index (κ3) is 3.56. The molecular formula is C18H25ClN2O3. The maximum absolute atomic E-state index is 12.5. The van der Waals surface area contributed by atoms with Gasteiger partial charge in [-0.1, -0.05) is 30.9 Å². The van der Waals surface area contributed by atoms with Crippen LogP contribution in [0.4, 0.5) is 10.5 Å². The Balaban J connectivity index is 1.59. The van der Waals surface area contributed by atoms with E-state index < -0.39 is 0 Å². The largest absolute Gasteiger partial charge is 0.493 e. The molecule has 1 aromatic carbocycles. The molecule has 2 fully saturated rings. The molecular weight excluding hydrogens is 328 g/mol. The van der Waals surface area contributed by atoms with Crippen molar-refractivity contribution >= 4 is 23.3 Å². The van der Waals surface area contributed by atoms with Crippen molar-refractivity contribution in [2.45, 2.75) is 32.1 Å². The number of carbonyl (C=O) groups excluding carboxylic acids is 1. The topological polar surface area (TPSA) is 50.8 Å². The van der Waals surface area contributed by atoms with E-state index in [1.54, 1.807) is 19.2 Å². The molecule has 1 saturated heterocycles. The molecule has 1 aromatic rings. The number of carbonyl (C=O) groups is 1. The summed E-state index contributed by atoms with van der Waals surface area (Å²) in [6, 6.07) is 3.33. The molecule has 1 aliphatic carbocycles. The molecule has 0 atom stereocenters. The second kappa shape index (κ2) is 7.51. The van der Waals surface area contributed by atoms with Gasteiger partial charge in [-0.05, 0) is 30.7 Å². The Hall–Kier alpha value is -1.62. The van der Waals surface area contributed by atoms with E-state index in [-0.39, 0.29) is 6.03 Å². The van der Waals surface area contributed by atoms with Gasteiger partial charge in [0.1, 0.15) is 0 Å². The van der Waals surface area contributed by atoms with Gasteiger partial charge in [0.2, 0.25) is 0 Å². The van der Waals surface area contributed by atoms with Gasteiger partial charge in [0.15, 0.2) is 11.5 Å². The Bertz CT molecular complexity index is 596. The van der Waals surface area contributed by atoms with Crippen LogP contribution in [0, 0.1) is 11.8 Å². The van der Waals surface area contributed by atoms with E-state index in [4.69, 9.17) is 21.1 Å². The summed E-state index contributed by atoms with van der Waals surface area (Å²) >= 11 is 6.19. The fourth-order valence-electron chi connectivity index (χ4n) is 3.68. The summed E-state index contributed by atoms with van der Waals surface area (Å²) in [5.74, 6) is 2.68. The number of anilines is 1. The highest BCUT2D eigenvalue weighted by molar-refractivity contribution is 6.32. The van der Waals surface area contributed by atoms with Crippen LogP contribution >= 0.6 is 11.6 Å². The van der Waals surface area contributed by atoms with Crippen molar-refractivity contribution in [3.63, 3.8) is 0 Å². The number of amides is 2. The number of hydrogen-bond acceptors (Lipinski definition) is 3. The van der Waals surface area contributed by atoms with Gasteiger partial charge < -0.3 is 19.7 Å². The molecule has 24 heavy (non-hydrogen) atoms. The molecule has 0 radical (unpaired) electrons. The van der Waals surface area contributed by atoms with E-state index in [1.165, 1.54) is 26.4 Å². The monoisotopic (exact) mass is 352 g/mol. The number of urea groups is 1. The van der Waals surface area contributed by atoms with E-state index in [1.807, 2.05) is 4.90 Å². The van der Waals surface area contributed by atoms with Gasteiger partial charge in [-0.25, -0.2) is 4.79 Å². The van der Waals surface area contributed by atoms with Crippen molar-refractivity contribution in [1.82, 2.24) is 4.90 Å². The fourth-order valence-corrected chi connectivity index (χ4v) is 3.97. The Morgan fingerprint density at radius 3 is 2.33 bits per heavy atom. The SMILES string of the molecule is COc1cc(NC(=O)N2CCC(C3CCC3)CC2)cc(Cl)c1OC. The standard InChI is InChI=1S/C18H25ClN2O3/c1-23-16-11-14(10-15(19)17(16)24-2)20-18(22)21-8-6-13(7-9-21)12-4-3-5-12/h10-13H,3-9H2,1-2H3,(H,20,22). The van der Waals surface area contributed by atoms with Crippen LogP contribution in [-0.2, 0) is 0 Å². The van der Waals surface area contributed by atoms with Crippen LogP contribution in [0.15, 0.2) is 12.1 Å². The first-order chi connectivity index (χ1) is 11.6. The zero-order chi connectivity index (χ0) is 17.1. The van der Waals surface area contributed by atoms with Gasteiger partial charge >= 0.3 is 6.03 Å². The number of benzene rings is 1. The summed E-state index contributed by atoms with van der Waals surface area (Å²) in [6.45, 7) is 1.65. The molecule has 1 N–H and O–H groups in total. The predicted octanol–water partition coefficient (Wildman–Crippen LogP) is 4.40. The van der Waals surface area contributed by atoms with Gasteiger partial charge in [0.25, 0.3) is 0 Å². The van der Waals surface area contributed by atoms with Crippen LogP contribution in [0.25, 0.3) is 0 Å². The first kappa shape index (κ1) is 17.2. The van der Waals surface area contributed by atoms with E-state index in [9.17, 15) is 4.79 Å². The van der Waals surface area contributed by atoms with Crippen LogP contribution in [-0.4, -0.2) is 38.2 Å². The second-order valence-corrected chi connectivity index (χ2v) is 7.05. The van der Waals surface area contributed by atoms with Crippen molar-refractivity contribution in [2.75, 3.05) is 32.6 Å². The maximum atomic E-state index is 12.5. The number of nitrogens with one attached hydrogen (secondary N) is 1. The van der Waals surface area contributed by atoms with Crippen molar-refractivity contribution < 1.29 is 14.3 Å². The van der Waals surface area contributed by atoms with E-state index in [0.29, 0.717) is 22.2 Å². The third-order valence-electron chi connectivity index (χ3n) is 5.33. The minimum Gasteiger partial charge on any atom is -0.493 e. The number of rotatable bonds is 4. The molecule has 132 valence electrons. The maximum Gasteiger partial charge on any atom is 0.321 e. The van der Waals surface area contributed by atoms with Gasteiger partial charge in [-0.3, -0.25) is 0 Å². The van der Waals surface area contributed by atoms with Gasteiger partial charge in [0.05, 0.1) is 19.2 Å². The number of nitrogens with zero attached hydrogens (tertiary/aromatic N) is 1. The van der Waals surface area contributed by atoms with Crippen LogP contribution in [0.1, 0.15) is 32.1 Å². The average Bonchev–Trinajstić information content (AvgIpc) is 2.53. The Morgan fingerprint density at radius 2 is 1.79 bits per heavy atom. The minimum absolute atomic E-state index is 0.0784. The average molecular weight is 353 g/mol. The fraction of sp³-hybridized carbons (Fsp3) is 0.611. The highest BCUT2D eigenvalue weighted by atomic mass is 35.5. The molecule has 2 amide bonds. The molecule has 0 unspecified atom stereocenters. The number of likely N-dealkylation sites (tertiary alicyclic amines) is 1. The third-order valence-corrected chi connectivity index (χ3v) is 5.61. The van der Waals surface area contributed by atoms with Gasteiger partial charge in [-0.15, -0.1) is 0 Å². The molecule has 1 saturated carbocycles. The molecule has 3 rings (SSSR count). The second-order valence-electron chi connectivity index (χ2n) is 6.64. The smallest absolute Gasteiger partial charge is 0.321 e. The summed E-state index contributed by atoms with van der Waals surface area (Å²) in [4.78, 5) is 14.4. The van der Waals surface area contributed by atoms with Crippen LogP contribution < -0.4 is 14.8 Å². The molecule has 1 aliphatic heterocycles. The van der Waals surface area contributed by atoms with Crippen LogP contribution in [0.3, 0.4) is 0 Å². The van der Waals surface area contributed by atoms with Crippen LogP contribution in [0.2, 0.25) is 5.02 Å². The zero-order valence-corrected chi connectivity index (χ0v) is 15.1. The lowest BCUT2D eigenvalue weighted by Crippen LogP contribution is -2.43. The van der Waals surface area contributed by atoms with Gasteiger partial charge in [0, 0.05) is 24.8 Å². The van der Waals surface area contributed by atoms with E-state index in [0.717, 1.165) is 37.8 Å². The molecule has 6 heteroatoms. The minimum atomic E-state index is -0.0784. The van der Waals surface area contributed by atoms with Crippen molar-refractivity contribution in [3.05, 3.63) is 17.2 Å². The lowest BCUT2D eigenvalue weighted by Gasteiger charge is -2.39. The highest BCUT2D eigenvalue weighted by Crippen LogP contribution is 2.39. The van der Waals surface area contributed by atoms with Crippen LogP contribution in [0.5, 0.6) is 11.5 Å². The molecule has 1 heterocycles. The molecule has 0 aromatic heterocycles. The number of hydrogen-bond donors (Lipinski definition) is 1. The molecule has 2 aliphatic rings. The first-order valence-electron chi connectivity index (χ1n) is 8.59. The lowest BCUT2D eigenvalue weighted by atomic mass is 9.72. The van der Waals surface area contributed by atoms with Crippen molar-refractivity contribution in [2.24, 2.45) is 11.8 Å². The zero-order valence-electron chi connectivity index (χ0n) is 14.3. The quantitative estimate of drug-likeness (QED) is 0.873. The van der Waals surface area contributed by atoms with E-state index in [2.05, 4.69) is 5.32 Å². The summed E-state index contributed by atoms with van der Waals surface area (Å²) in [5.41, 5.74) is 0.615.